The predicted octanol–water partition coefficient (Wildman–Crippen LogP) is 5.29. The number of rotatable bonds is 5. The van der Waals surface area contributed by atoms with E-state index in [1.807, 2.05) is 17.0 Å². The minimum atomic E-state index is -2.91. The van der Waals surface area contributed by atoms with E-state index in [9.17, 15) is 23.2 Å². The molecule has 208 valence electrons. The van der Waals surface area contributed by atoms with E-state index in [1.54, 1.807) is 13.8 Å². The molecule has 8 nitrogen and oxygen atoms in total. The molecule has 1 amide bonds. The van der Waals surface area contributed by atoms with E-state index < -0.39 is 29.3 Å². The molecule has 1 N–H and O–H groups in total. The van der Waals surface area contributed by atoms with Crippen LogP contribution in [0.5, 0.6) is 5.75 Å². The second-order valence-corrected chi connectivity index (χ2v) is 10.8. The van der Waals surface area contributed by atoms with Crippen LogP contribution in [0.4, 0.5) is 24.7 Å². The lowest BCUT2D eigenvalue weighted by atomic mass is 10.0. The molecule has 3 heterocycles. The highest BCUT2D eigenvalue weighted by molar-refractivity contribution is 5.94. The van der Waals surface area contributed by atoms with Crippen molar-refractivity contribution in [3.05, 3.63) is 53.1 Å². The molecule has 2 aromatic carbocycles. The molecular weight excluding hydrogens is 521 g/mol. The van der Waals surface area contributed by atoms with Gasteiger partial charge in [0, 0.05) is 43.1 Å². The van der Waals surface area contributed by atoms with Crippen molar-refractivity contribution < 1.29 is 22.7 Å². The minimum Gasteiger partial charge on any atom is -0.491 e. The SMILES string of the molecule is Cc1nc(N[C@H](C)c2cccc(C(F)F)c2F)c2cc3c(cc2n1)OCC[C@H]1CN(C(=O)C2(C#N)CC2)CCN31. The number of carbonyl (C=O) groups excluding carboxylic acids is 1. The van der Waals surface area contributed by atoms with Gasteiger partial charge in [-0.3, -0.25) is 4.79 Å². The van der Waals surface area contributed by atoms with E-state index in [0.717, 1.165) is 11.8 Å². The number of piperazine rings is 1. The fourth-order valence-electron chi connectivity index (χ4n) is 5.78. The third-order valence-corrected chi connectivity index (χ3v) is 8.16. The van der Waals surface area contributed by atoms with Gasteiger partial charge in [0.25, 0.3) is 6.43 Å². The molecule has 1 saturated heterocycles. The van der Waals surface area contributed by atoms with Crippen molar-refractivity contribution in [1.82, 2.24) is 14.9 Å². The van der Waals surface area contributed by atoms with Gasteiger partial charge in [0.05, 0.1) is 41.5 Å². The summed E-state index contributed by atoms with van der Waals surface area (Å²) >= 11 is 0. The first kappa shape index (κ1) is 26.2. The monoisotopic (exact) mass is 550 g/mol. The number of fused-ring (bicyclic) bond motifs is 4. The summed E-state index contributed by atoms with van der Waals surface area (Å²) in [5.74, 6) is 0.617. The molecule has 2 aliphatic heterocycles. The number of hydrogen-bond acceptors (Lipinski definition) is 7. The topological polar surface area (TPSA) is 94.4 Å². The molecule has 2 fully saturated rings. The van der Waals surface area contributed by atoms with Crippen molar-refractivity contribution >= 4 is 28.3 Å². The summed E-state index contributed by atoms with van der Waals surface area (Å²) in [5, 5.41) is 13.4. The Morgan fingerprint density at radius 2 is 2.00 bits per heavy atom. The Balaban J connectivity index is 1.33. The molecule has 3 aromatic rings. The highest BCUT2D eigenvalue weighted by atomic mass is 19.3. The fourth-order valence-corrected chi connectivity index (χ4v) is 5.78. The van der Waals surface area contributed by atoms with E-state index in [-0.39, 0.29) is 17.5 Å². The molecule has 0 bridgehead atoms. The van der Waals surface area contributed by atoms with E-state index in [2.05, 4.69) is 26.3 Å². The quantitative estimate of drug-likeness (QED) is 0.461. The van der Waals surface area contributed by atoms with Crippen LogP contribution < -0.4 is 15.0 Å². The van der Waals surface area contributed by atoms with Crippen LogP contribution in [0, 0.1) is 29.5 Å². The van der Waals surface area contributed by atoms with Crippen LogP contribution in [0.2, 0.25) is 0 Å². The molecule has 0 radical (unpaired) electrons. The first-order valence-corrected chi connectivity index (χ1v) is 13.5. The van der Waals surface area contributed by atoms with Gasteiger partial charge in [-0.1, -0.05) is 18.2 Å². The number of nitrogens with zero attached hydrogens (tertiary/aromatic N) is 5. The number of anilines is 2. The van der Waals surface area contributed by atoms with Crippen LogP contribution in [0.25, 0.3) is 10.9 Å². The normalized spacial score (nSPS) is 20.2. The van der Waals surface area contributed by atoms with Gasteiger partial charge < -0.3 is 19.9 Å². The van der Waals surface area contributed by atoms with Crippen molar-refractivity contribution in [1.29, 1.82) is 5.26 Å². The maximum atomic E-state index is 14.9. The molecule has 6 rings (SSSR count). The lowest BCUT2D eigenvalue weighted by Gasteiger charge is -2.42. The Bertz CT molecular complexity index is 1540. The lowest BCUT2D eigenvalue weighted by molar-refractivity contribution is -0.135. The number of alkyl halides is 2. The number of halogens is 3. The Kier molecular flexibility index (Phi) is 6.44. The molecule has 11 heteroatoms. The van der Waals surface area contributed by atoms with E-state index in [0.29, 0.717) is 73.8 Å². The van der Waals surface area contributed by atoms with Crippen LogP contribution in [0.1, 0.15) is 55.6 Å². The summed E-state index contributed by atoms with van der Waals surface area (Å²) in [4.78, 5) is 26.2. The summed E-state index contributed by atoms with van der Waals surface area (Å²) in [5.41, 5.74) is 0.116. The first-order valence-electron chi connectivity index (χ1n) is 13.5. The van der Waals surface area contributed by atoms with Gasteiger partial charge in [-0.25, -0.2) is 23.1 Å². The van der Waals surface area contributed by atoms with Crippen molar-refractivity contribution in [3.63, 3.8) is 0 Å². The zero-order valence-corrected chi connectivity index (χ0v) is 22.3. The molecule has 0 spiro atoms. The summed E-state index contributed by atoms with van der Waals surface area (Å²) < 4.78 is 47.6. The number of amides is 1. The first-order chi connectivity index (χ1) is 19.2. The Morgan fingerprint density at radius 3 is 2.73 bits per heavy atom. The zero-order valence-electron chi connectivity index (χ0n) is 22.3. The van der Waals surface area contributed by atoms with Gasteiger partial charge in [0.15, 0.2) is 0 Å². The summed E-state index contributed by atoms with van der Waals surface area (Å²) in [6.45, 7) is 5.51. The van der Waals surface area contributed by atoms with Gasteiger partial charge in [0.2, 0.25) is 5.91 Å². The van der Waals surface area contributed by atoms with Gasteiger partial charge in [0.1, 0.15) is 28.6 Å². The fraction of sp³-hybridized carbons (Fsp3) is 0.448. The number of hydrogen-bond donors (Lipinski definition) is 1. The molecule has 0 unspecified atom stereocenters. The molecule has 1 aliphatic carbocycles. The van der Waals surface area contributed by atoms with E-state index in [4.69, 9.17) is 4.74 Å². The van der Waals surface area contributed by atoms with Crippen LogP contribution in [0.3, 0.4) is 0 Å². The maximum Gasteiger partial charge on any atom is 0.266 e. The largest absolute Gasteiger partial charge is 0.491 e. The average Bonchev–Trinajstić information content (AvgIpc) is 3.75. The van der Waals surface area contributed by atoms with Crippen molar-refractivity contribution in [2.24, 2.45) is 5.41 Å². The Labute approximate surface area is 229 Å². The smallest absolute Gasteiger partial charge is 0.266 e. The number of benzene rings is 2. The molecule has 40 heavy (non-hydrogen) atoms. The van der Waals surface area contributed by atoms with E-state index >= 15 is 0 Å². The van der Waals surface area contributed by atoms with Crippen molar-refractivity contribution in [2.75, 3.05) is 36.5 Å². The van der Waals surface area contributed by atoms with Crippen molar-refractivity contribution in [2.45, 2.75) is 51.6 Å². The average molecular weight is 551 g/mol. The highest BCUT2D eigenvalue weighted by Crippen LogP contribution is 2.47. The van der Waals surface area contributed by atoms with Crippen LogP contribution >= 0.6 is 0 Å². The summed E-state index contributed by atoms with van der Waals surface area (Å²) in [6.07, 6.45) is -0.964. The standard InChI is InChI=1S/C29H29F3N6O2/c1-16(19-4-3-5-20(25(19)30)26(31)32)34-27-21-12-23-24(13-22(21)35-17(2)36-27)40-11-6-18-14-37(9-10-38(18)23)28(39)29(15-33)7-8-29/h3-5,12-13,16,18,26H,6-11,14H2,1-2H3,(H,34,35,36)/t16-,18+/m1/s1. The third-order valence-electron chi connectivity index (χ3n) is 8.16. The number of aryl methyl sites for hydroxylation is 1. The number of carbonyl (C=O) groups is 1. The van der Waals surface area contributed by atoms with Gasteiger partial charge >= 0.3 is 0 Å². The second-order valence-electron chi connectivity index (χ2n) is 10.8. The maximum absolute atomic E-state index is 14.9. The van der Waals surface area contributed by atoms with Crippen LogP contribution in [0.15, 0.2) is 30.3 Å². The van der Waals surface area contributed by atoms with Gasteiger partial charge in [-0.15, -0.1) is 0 Å². The third kappa shape index (κ3) is 4.45. The number of nitriles is 1. The number of nitrogens with one attached hydrogen (secondary N) is 1. The highest BCUT2D eigenvalue weighted by Gasteiger charge is 2.53. The molecular formula is C29H29F3N6O2. The van der Waals surface area contributed by atoms with Gasteiger partial charge in [-0.2, -0.15) is 5.26 Å². The van der Waals surface area contributed by atoms with E-state index in [1.165, 1.54) is 12.1 Å². The Morgan fingerprint density at radius 1 is 1.23 bits per heavy atom. The van der Waals surface area contributed by atoms with Crippen molar-refractivity contribution in [3.8, 4) is 11.8 Å². The van der Waals surface area contributed by atoms with Gasteiger partial charge in [-0.05, 0) is 32.8 Å². The zero-order chi connectivity index (χ0) is 28.2. The number of aromatic nitrogens is 2. The van der Waals surface area contributed by atoms with Crippen LogP contribution in [-0.2, 0) is 4.79 Å². The lowest BCUT2D eigenvalue weighted by Crippen LogP contribution is -2.56. The molecule has 1 saturated carbocycles. The number of ether oxygens (including phenoxy) is 1. The molecule has 1 aromatic heterocycles. The predicted molar refractivity (Wildman–Crippen MR) is 143 cm³/mol. The minimum absolute atomic E-state index is 0.0128. The summed E-state index contributed by atoms with van der Waals surface area (Å²) in [7, 11) is 0. The second kappa shape index (κ2) is 9.84. The Hall–Kier alpha value is -4.07. The molecule has 3 aliphatic rings. The molecule has 2 atom stereocenters. The van der Waals surface area contributed by atoms with Crippen LogP contribution in [-0.4, -0.2) is 53.1 Å². The summed E-state index contributed by atoms with van der Waals surface area (Å²) in [6, 6.07) is 9.37.